The summed E-state index contributed by atoms with van der Waals surface area (Å²) in [4.78, 5) is 12.2. The quantitative estimate of drug-likeness (QED) is 0.825. The number of carbonyl (C=O) groups excluding carboxylic acids is 1. The van der Waals surface area contributed by atoms with Crippen molar-refractivity contribution in [2.75, 3.05) is 11.1 Å². The molecule has 0 saturated heterocycles. The number of anilines is 2. The Labute approximate surface area is 113 Å². The van der Waals surface area contributed by atoms with Gasteiger partial charge in [-0.25, -0.2) is 0 Å². The van der Waals surface area contributed by atoms with Crippen molar-refractivity contribution in [3.63, 3.8) is 0 Å². The second-order valence-corrected chi connectivity index (χ2v) is 4.54. The van der Waals surface area contributed by atoms with Crippen molar-refractivity contribution < 1.29 is 4.79 Å². The van der Waals surface area contributed by atoms with Crippen LogP contribution in [-0.4, -0.2) is 5.91 Å². The molecule has 0 aliphatic heterocycles. The molecule has 0 heterocycles. The second-order valence-electron chi connectivity index (χ2n) is 4.54. The van der Waals surface area contributed by atoms with E-state index in [2.05, 4.69) is 5.32 Å². The summed E-state index contributed by atoms with van der Waals surface area (Å²) in [5, 5.41) is 2.95. The Balaban J connectivity index is 2.27. The van der Waals surface area contributed by atoms with E-state index in [9.17, 15) is 4.79 Å². The van der Waals surface area contributed by atoms with Gasteiger partial charge in [0.1, 0.15) is 0 Å². The first-order chi connectivity index (χ1) is 9.11. The molecule has 3 heteroatoms. The van der Waals surface area contributed by atoms with E-state index in [-0.39, 0.29) is 5.91 Å². The Kier molecular flexibility index (Phi) is 3.85. The van der Waals surface area contributed by atoms with Crippen LogP contribution in [0, 0.1) is 6.92 Å². The molecule has 0 fully saturated rings. The average molecular weight is 254 g/mol. The molecule has 1 amide bonds. The van der Waals surface area contributed by atoms with E-state index in [1.54, 1.807) is 6.07 Å². The molecule has 0 saturated carbocycles. The highest BCUT2D eigenvalue weighted by Crippen LogP contribution is 2.20. The average Bonchev–Trinajstić information content (AvgIpc) is 2.41. The van der Waals surface area contributed by atoms with Gasteiger partial charge in [-0.3, -0.25) is 4.79 Å². The van der Waals surface area contributed by atoms with E-state index >= 15 is 0 Å². The summed E-state index contributed by atoms with van der Waals surface area (Å²) in [6.45, 7) is 3.97. The molecule has 3 nitrogen and oxygen atoms in total. The van der Waals surface area contributed by atoms with E-state index in [0.717, 1.165) is 23.2 Å². The molecule has 0 atom stereocenters. The van der Waals surface area contributed by atoms with Crippen molar-refractivity contribution in [1.29, 1.82) is 0 Å². The third-order valence-electron chi connectivity index (χ3n) is 3.15. The second kappa shape index (κ2) is 5.57. The Morgan fingerprint density at radius 3 is 2.63 bits per heavy atom. The lowest BCUT2D eigenvalue weighted by Crippen LogP contribution is -2.14. The minimum Gasteiger partial charge on any atom is -0.399 e. The minimum atomic E-state index is -0.0856. The molecule has 0 aromatic heterocycles. The Hall–Kier alpha value is -2.29. The highest BCUT2D eigenvalue weighted by molar-refractivity contribution is 6.05. The molecular weight excluding hydrogens is 236 g/mol. The molecule has 98 valence electrons. The van der Waals surface area contributed by atoms with E-state index in [0.29, 0.717) is 11.3 Å². The standard InChI is InChI=1S/C16H18N2O/c1-3-12-10-13(17)8-9-15(12)18-16(19)14-7-5-4-6-11(14)2/h4-10H,3,17H2,1-2H3,(H,18,19). The first kappa shape index (κ1) is 13.1. The SMILES string of the molecule is CCc1cc(N)ccc1NC(=O)c1ccccc1C. The van der Waals surface area contributed by atoms with Gasteiger partial charge >= 0.3 is 0 Å². The lowest BCUT2D eigenvalue weighted by molar-refractivity contribution is 0.102. The third kappa shape index (κ3) is 2.94. The highest BCUT2D eigenvalue weighted by Gasteiger charge is 2.10. The van der Waals surface area contributed by atoms with Gasteiger partial charge in [0, 0.05) is 16.9 Å². The number of benzene rings is 2. The first-order valence-corrected chi connectivity index (χ1v) is 6.37. The van der Waals surface area contributed by atoms with Crippen molar-refractivity contribution >= 4 is 17.3 Å². The molecule has 2 aromatic carbocycles. The number of hydrogen-bond donors (Lipinski definition) is 2. The van der Waals surface area contributed by atoms with Gasteiger partial charge in [-0.2, -0.15) is 0 Å². The van der Waals surface area contributed by atoms with Crippen LogP contribution in [0.2, 0.25) is 0 Å². The lowest BCUT2D eigenvalue weighted by Gasteiger charge is -2.11. The molecule has 0 unspecified atom stereocenters. The van der Waals surface area contributed by atoms with Crippen LogP contribution in [0.3, 0.4) is 0 Å². The molecule has 2 aromatic rings. The maximum absolute atomic E-state index is 12.2. The van der Waals surface area contributed by atoms with Crippen molar-refractivity contribution in [2.24, 2.45) is 0 Å². The molecule has 2 rings (SSSR count). The summed E-state index contributed by atoms with van der Waals surface area (Å²) in [6.07, 6.45) is 0.828. The third-order valence-corrected chi connectivity index (χ3v) is 3.15. The Morgan fingerprint density at radius 2 is 1.95 bits per heavy atom. The molecule has 0 radical (unpaired) electrons. The summed E-state index contributed by atoms with van der Waals surface area (Å²) >= 11 is 0. The summed E-state index contributed by atoms with van der Waals surface area (Å²) in [6, 6.07) is 13.1. The maximum atomic E-state index is 12.2. The molecule has 0 aliphatic carbocycles. The predicted octanol–water partition coefficient (Wildman–Crippen LogP) is 3.39. The smallest absolute Gasteiger partial charge is 0.255 e. The van der Waals surface area contributed by atoms with Gasteiger partial charge in [-0.05, 0) is 48.7 Å². The lowest BCUT2D eigenvalue weighted by atomic mass is 10.1. The summed E-state index contributed by atoms with van der Waals surface area (Å²) in [5.74, 6) is -0.0856. The number of amides is 1. The largest absolute Gasteiger partial charge is 0.399 e. The van der Waals surface area contributed by atoms with Crippen LogP contribution in [0.15, 0.2) is 42.5 Å². The number of nitrogens with two attached hydrogens (primary N) is 1. The fourth-order valence-corrected chi connectivity index (χ4v) is 2.05. The van der Waals surface area contributed by atoms with Crippen LogP contribution in [0.5, 0.6) is 0 Å². The zero-order chi connectivity index (χ0) is 13.8. The summed E-state index contributed by atoms with van der Waals surface area (Å²) in [5.41, 5.74) is 10.00. The van der Waals surface area contributed by atoms with Gasteiger partial charge in [-0.1, -0.05) is 25.1 Å². The van der Waals surface area contributed by atoms with Gasteiger partial charge < -0.3 is 11.1 Å². The summed E-state index contributed by atoms with van der Waals surface area (Å²) < 4.78 is 0. The fraction of sp³-hybridized carbons (Fsp3) is 0.188. The van der Waals surface area contributed by atoms with E-state index < -0.39 is 0 Å². The van der Waals surface area contributed by atoms with Crippen molar-refractivity contribution in [1.82, 2.24) is 0 Å². The number of rotatable bonds is 3. The van der Waals surface area contributed by atoms with Gasteiger partial charge in [-0.15, -0.1) is 0 Å². The van der Waals surface area contributed by atoms with Crippen LogP contribution in [-0.2, 0) is 6.42 Å². The van der Waals surface area contributed by atoms with Gasteiger partial charge in [0.25, 0.3) is 5.91 Å². The van der Waals surface area contributed by atoms with Crippen LogP contribution in [0.1, 0.15) is 28.4 Å². The van der Waals surface area contributed by atoms with Crippen LogP contribution >= 0.6 is 0 Å². The predicted molar refractivity (Wildman–Crippen MR) is 79.4 cm³/mol. The van der Waals surface area contributed by atoms with E-state index in [1.165, 1.54) is 0 Å². The normalized spacial score (nSPS) is 10.2. The topological polar surface area (TPSA) is 55.1 Å². The van der Waals surface area contributed by atoms with Crippen molar-refractivity contribution in [3.05, 3.63) is 59.2 Å². The fourth-order valence-electron chi connectivity index (χ4n) is 2.05. The minimum absolute atomic E-state index is 0.0856. The first-order valence-electron chi connectivity index (χ1n) is 6.37. The van der Waals surface area contributed by atoms with E-state index in [4.69, 9.17) is 5.73 Å². The Morgan fingerprint density at radius 1 is 1.21 bits per heavy atom. The summed E-state index contributed by atoms with van der Waals surface area (Å²) in [7, 11) is 0. The number of nitrogen functional groups attached to an aromatic ring is 1. The maximum Gasteiger partial charge on any atom is 0.255 e. The monoisotopic (exact) mass is 254 g/mol. The van der Waals surface area contributed by atoms with Gasteiger partial charge in [0.15, 0.2) is 0 Å². The van der Waals surface area contributed by atoms with Crippen molar-refractivity contribution in [3.8, 4) is 0 Å². The van der Waals surface area contributed by atoms with Gasteiger partial charge in [0.2, 0.25) is 0 Å². The van der Waals surface area contributed by atoms with Crippen LogP contribution < -0.4 is 11.1 Å². The molecule has 0 spiro atoms. The Bertz CT molecular complexity index is 605. The number of aryl methyl sites for hydroxylation is 2. The number of nitrogens with one attached hydrogen (secondary N) is 1. The molecule has 0 aliphatic rings. The van der Waals surface area contributed by atoms with E-state index in [1.807, 2.05) is 50.2 Å². The van der Waals surface area contributed by atoms with Gasteiger partial charge in [0.05, 0.1) is 0 Å². The molecule has 0 bridgehead atoms. The zero-order valence-corrected chi connectivity index (χ0v) is 11.2. The highest BCUT2D eigenvalue weighted by atomic mass is 16.1. The van der Waals surface area contributed by atoms with Crippen LogP contribution in [0.4, 0.5) is 11.4 Å². The van der Waals surface area contributed by atoms with Crippen LogP contribution in [0.25, 0.3) is 0 Å². The zero-order valence-electron chi connectivity index (χ0n) is 11.2. The number of hydrogen-bond acceptors (Lipinski definition) is 2. The molecule has 19 heavy (non-hydrogen) atoms. The number of carbonyl (C=O) groups is 1. The van der Waals surface area contributed by atoms with Crippen molar-refractivity contribution in [2.45, 2.75) is 20.3 Å². The molecular formula is C16H18N2O. The molecule has 3 N–H and O–H groups in total.